The number of hydrogen-bond donors (Lipinski definition) is 1. The van der Waals surface area contributed by atoms with Gasteiger partial charge in [0.1, 0.15) is 5.75 Å². The van der Waals surface area contributed by atoms with Crippen molar-refractivity contribution in [2.24, 2.45) is 5.73 Å². The lowest BCUT2D eigenvalue weighted by molar-refractivity contribution is 0.228. The fourth-order valence-electron chi connectivity index (χ4n) is 3.12. The number of methoxy groups -OCH3 is 1. The van der Waals surface area contributed by atoms with Gasteiger partial charge in [0.25, 0.3) is 0 Å². The first-order valence-electron chi connectivity index (χ1n) is 5.96. The van der Waals surface area contributed by atoms with Crippen LogP contribution in [0.5, 0.6) is 5.75 Å². The fraction of sp³-hybridized carbons (Fsp3) is 0.538. The highest BCUT2D eigenvalue weighted by atomic mass is 16.5. The van der Waals surface area contributed by atoms with E-state index < -0.39 is 0 Å². The van der Waals surface area contributed by atoms with Crippen LogP contribution in [-0.2, 0) is 6.42 Å². The molecule has 2 unspecified atom stereocenters. The van der Waals surface area contributed by atoms with Crippen LogP contribution in [0.3, 0.4) is 0 Å². The van der Waals surface area contributed by atoms with E-state index in [4.69, 9.17) is 10.5 Å². The smallest absolute Gasteiger partial charge is 0.123 e. The molecule has 0 saturated carbocycles. The maximum Gasteiger partial charge on any atom is 0.123 e. The van der Waals surface area contributed by atoms with Crippen molar-refractivity contribution < 1.29 is 4.74 Å². The van der Waals surface area contributed by atoms with Crippen LogP contribution < -0.4 is 10.5 Å². The molecule has 3 nitrogen and oxygen atoms in total. The molecule has 0 aromatic heterocycles. The van der Waals surface area contributed by atoms with Crippen molar-refractivity contribution in [3.05, 3.63) is 29.3 Å². The third-order valence-electron chi connectivity index (χ3n) is 3.89. The van der Waals surface area contributed by atoms with E-state index in [0.717, 1.165) is 31.7 Å². The Labute approximate surface area is 96.2 Å². The summed E-state index contributed by atoms with van der Waals surface area (Å²) in [5.41, 5.74) is 8.98. The second-order valence-electron chi connectivity index (χ2n) is 4.72. The SMILES string of the molecule is COc1cccc2c1C1C(N)CCN1CC2. The van der Waals surface area contributed by atoms with Gasteiger partial charge in [-0.25, -0.2) is 0 Å². The molecule has 2 aliphatic heterocycles. The lowest BCUT2D eigenvalue weighted by Crippen LogP contribution is -2.37. The monoisotopic (exact) mass is 218 g/mol. The Morgan fingerprint density at radius 2 is 2.25 bits per heavy atom. The maximum absolute atomic E-state index is 6.23. The van der Waals surface area contributed by atoms with Crippen LogP contribution in [0.2, 0.25) is 0 Å². The zero-order valence-electron chi connectivity index (χ0n) is 9.65. The molecule has 2 heterocycles. The Hall–Kier alpha value is -1.06. The lowest BCUT2D eigenvalue weighted by Gasteiger charge is -2.34. The third-order valence-corrected chi connectivity index (χ3v) is 3.89. The molecule has 0 amide bonds. The molecule has 0 aliphatic carbocycles. The summed E-state index contributed by atoms with van der Waals surface area (Å²) in [6.45, 7) is 2.27. The van der Waals surface area contributed by atoms with Crippen LogP contribution in [0.15, 0.2) is 18.2 Å². The van der Waals surface area contributed by atoms with Crippen molar-refractivity contribution in [2.45, 2.75) is 24.9 Å². The molecule has 1 fully saturated rings. The summed E-state index contributed by atoms with van der Waals surface area (Å²) in [7, 11) is 1.75. The fourth-order valence-corrected chi connectivity index (χ4v) is 3.12. The van der Waals surface area contributed by atoms with Crippen LogP contribution in [0.4, 0.5) is 0 Å². The van der Waals surface area contributed by atoms with Gasteiger partial charge in [0.2, 0.25) is 0 Å². The zero-order valence-corrected chi connectivity index (χ0v) is 9.65. The molecular formula is C13H18N2O. The number of hydrogen-bond acceptors (Lipinski definition) is 3. The Balaban J connectivity index is 2.11. The molecule has 1 aromatic rings. The van der Waals surface area contributed by atoms with E-state index in [9.17, 15) is 0 Å². The van der Waals surface area contributed by atoms with Crippen LogP contribution >= 0.6 is 0 Å². The van der Waals surface area contributed by atoms with E-state index >= 15 is 0 Å². The highest BCUT2D eigenvalue weighted by molar-refractivity contribution is 5.45. The van der Waals surface area contributed by atoms with Gasteiger partial charge in [-0.2, -0.15) is 0 Å². The summed E-state index contributed by atoms with van der Waals surface area (Å²) >= 11 is 0. The number of nitrogens with zero attached hydrogens (tertiary/aromatic N) is 1. The Bertz CT molecular complexity index is 391. The standard InChI is InChI=1S/C13H18N2O/c1-16-11-4-2-3-9-5-7-15-8-6-10(14)13(15)12(9)11/h2-4,10,13H,5-8,14H2,1H3. The van der Waals surface area contributed by atoms with Gasteiger partial charge in [-0.15, -0.1) is 0 Å². The van der Waals surface area contributed by atoms with E-state index in [1.165, 1.54) is 11.1 Å². The average Bonchev–Trinajstić information content (AvgIpc) is 2.70. The molecule has 1 saturated heterocycles. The van der Waals surface area contributed by atoms with Crippen molar-refractivity contribution >= 4 is 0 Å². The first-order chi connectivity index (χ1) is 7.81. The van der Waals surface area contributed by atoms with Crippen LogP contribution in [0, 0.1) is 0 Å². The quantitative estimate of drug-likeness (QED) is 0.772. The van der Waals surface area contributed by atoms with Gasteiger partial charge < -0.3 is 10.5 Å². The first kappa shape index (κ1) is 10.1. The predicted molar refractivity (Wildman–Crippen MR) is 63.6 cm³/mol. The first-order valence-corrected chi connectivity index (χ1v) is 5.96. The molecule has 0 bridgehead atoms. The van der Waals surface area contributed by atoms with Gasteiger partial charge in [0.15, 0.2) is 0 Å². The summed E-state index contributed by atoms with van der Waals surface area (Å²) in [6.07, 6.45) is 2.22. The van der Waals surface area contributed by atoms with Crippen molar-refractivity contribution in [3.63, 3.8) is 0 Å². The third kappa shape index (κ3) is 1.35. The van der Waals surface area contributed by atoms with E-state index in [0.29, 0.717) is 6.04 Å². The van der Waals surface area contributed by atoms with E-state index in [2.05, 4.69) is 17.0 Å². The van der Waals surface area contributed by atoms with Gasteiger partial charge in [0, 0.05) is 24.7 Å². The second-order valence-corrected chi connectivity index (χ2v) is 4.72. The summed E-state index contributed by atoms with van der Waals surface area (Å²) < 4.78 is 5.49. The molecule has 3 rings (SSSR count). The van der Waals surface area contributed by atoms with Crippen LogP contribution in [0.1, 0.15) is 23.6 Å². The molecule has 86 valence electrons. The van der Waals surface area contributed by atoms with E-state index in [1.807, 2.05) is 6.07 Å². The van der Waals surface area contributed by atoms with Gasteiger partial charge in [-0.1, -0.05) is 12.1 Å². The predicted octanol–water partition coefficient (Wildman–Crippen LogP) is 1.33. The largest absolute Gasteiger partial charge is 0.496 e. The minimum Gasteiger partial charge on any atom is -0.496 e. The Morgan fingerprint density at radius 3 is 3.06 bits per heavy atom. The Morgan fingerprint density at radius 1 is 1.38 bits per heavy atom. The molecule has 0 radical (unpaired) electrons. The topological polar surface area (TPSA) is 38.5 Å². The molecule has 1 aromatic carbocycles. The average molecular weight is 218 g/mol. The molecule has 0 spiro atoms. The van der Waals surface area contributed by atoms with E-state index in [-0.39, 0.29) is 6.04 Å². The molecular weight excluding hydrogens is 200 g/mol. The van der Waals surface area contributed by atoms with Crippen LogP contribution in [-0.4, -0.2) is 31.1 Å². The normalized spacial score (nSPS) is 28.6. The van der Waals surface area contributed by atoms with Crippen molar-refractivity contribution in [2.75, 3.05) is 20.2 Å². The summed E-state index contributed by atoms with van der Waals surface area (Å²) in [5, 5.41) is 0. The highest BCUT2D eigenvalue weighted by Gasteiger charge is 2.38. The lowest BCUT2D eigenvalue weighted by atomic mass is 9.90. The van der Waals surface area contributed by atoms with Gasteiger partial charge in [-0.3, -0.25) is 4.90 Å². The summed E-state index contributed by atoms with van der Waals surface area (Å²) in [5.74, 6) is 1.00. The number of ether oxygens (including phenoxy) is 1. The molecule has 2 atom stereocenters. The number of fused-ring (bicyclic) bond motifs is 3. The van der Waals surface area contributed by atoms with Gasteiger partial charge in [-0.05, 0) is 24.5 Å². The van der Waals surface area contributed by atoms with Gasteiger partial charge >= 0.3 is 0 Å². The zero-order chi connectivity index (χ0) is 11.1. The summed E-state index contributed by atoms with van der Waals surface area (Å²) in [4.78, 5) is 2.50. The molecule has 3 heteroatoms. The molecule has 2 N–H and O–H groups in total. The van der Waals surface area contributed by atoms with Crippen molar-refractivity contribution in [1.29, 1.82) is 0 Å². The highest BCUT2D eigenvalue weighted by Crippen LogP contribution is 2.41. The number of benzene rings is 1. The second kappa shape index (κ2) is 3.75. The molecule has 2 aliphatic rings. The minimum atomic E-state index is 0.260. The summed E-state index contributed by atoms with van der Waals surface area (Å²) in [6, 6.07) is 6.97. The van der Waals surface area contributed by atoms with Crippen molar-refractivity contribution in [3.8, 4) is 5.75 Å². The van der Waals surface area contributed by atoms with Crippen molar-refractivity contribution in [1.82, 2.24) is 4.90 Å². The minimum absolute atomic E-state index is 0.260. The molecule has 16 heavy (non-hydrogen) atoms. The van der Waals surface area contributed by atoms with Gasteiger partial charge in [0.05, 0.1) is 13.2 Å². The van der Waals surface area contributed by atoms with E-state index in [1.54, 1.807) is 7.11 Å². The van der Waals surface area contributed by atoms with Crippen LogP contribution in [0.25, 0.3) is 0 Å². The number of nitrogens with two attached hydrogens (primary N) is 1. The maximum atomic E-state index is 6.23. The number of rotatable bonds is 1. The Kier molecular flexibility index (Phi) is 2.37.